The summed E-state index contributed by atoms with van der Waals surface area (Å²) < 4.78 is 5.76. The largest absolute Gasteiger partial charge is 0.488 e. The first-order valence-electron chi connectivity index (χ1n) is 8.87. The van der Waals surface area contributed by atoms with Gasteiger partial charge in [-0.2, -0.15) is 5.10 Å². The van der Waals surface area contributed by atoms with Gasteiger partial charge in [-0.15, -0.1) is 11.3 Å². The van der Waals surface area contributed by atoms with Crippen LogP contribution in [0.3, 0.4) is 0 Å². The number of fused-ring (bicyclic) bond motifs is 2. The fourth-order valence-electron chi connectivity index (χ4n) is 3.17. The molecule has 5 rings (SSSR count). The number of nitrogens with zero attached hydrogens (tertiary/aromatic N) is 3. The first kappa shape index (κ1) is 16.6. The molecule has 0 saturated heterocycles. The van der Waals surface area contributed by atoms with Crippen molar-refractivity contribution in [2.75, 3.05) is 12.0 Å². The number of anilines is 1. The molecule has 6 heteroatoms. The van der Waals surface area contributed by atoms with Gasteiger partial charge in [-0.1, -0.05) is 48.5 Å². The lowest BCUT2D eigenvalue weighted by Crippen LogP contribution is -2.08. The van der Waals surface area contributed by atoms with Crippen molar-refractivity contribution in [2.24, 2.45) is 5.10 Å². The molecule has 1 aliphatic heterocycles. The van der Waals surface area contributed by atoms with Gasteiger partial charge in [0.05, 0.1) is 11.6 Å². The molecule has 0 saturated carbocycles. The summed E-state index contributed by atoms with van der Waals surface area (Å²) in [7, 11) is 0. The number of hydrogen-bond acceptors (Lipinski definition) is 6. The number of ether oxygens (including phenoxy) is 1. The molecule has 0 fully saturated rings. The number of aromatic nitrogens is 2. The Morgan fingerprint density at radius 1 is 1.04 bits per heavy atom. The van der Waals surface area contributed by atoms with Gasteiger partial charge in [0.1, 0.15) is 23.5 Å². The number of para-hydroxylation sites is 1. The SMILES string of the molecule is C(=NNc1ncnc2scc(-c3ccccc3)c12)C1=Cc2ccccc2OC1. The van der Waals surface area contributed by atoms with Gasteiger partial charge in [0, 0.05) is 22.1 Å². The average molecular weight is 384 g/mol. The van der Waals surface area contributed by atoms with Crippen LogP contribution in [0, 0.1) is 0 Å². The maximum Gasteiger partial charge on any atom is 0.159 e. The first-order chi connectivity index (χ1) is 13.9. The van der Waals surface area contributed by atoms with Gasteiger partial charge in [-0.3, -0.25) is 5.43 Å². The molecule has 2 aromatic heterocycles. The number of hydrogen-bond donors (Lipinski definition) is 1. The number of hydrazone groups is 1. The summed E-state index contributed by atoms with van der Waals surface area (Å²) in [6.45, 7) is 0.495. The van der Waals surface area contributed by atoms with E-state index in [-0.39, 0.29) is 0 Å². The lowest BCUT2D eigenvalue weighted by molar-refractivity contribution is 0.353. The standard InChI is InChI=1S/C22H16N4OS/c1-2-6-16(7-3-1)18-13-28-22-20(18)21(23-14-24-22)26-25-11-15-10-17-8-4-5-9-19(17)27-12-15/h1-11,13-14H,12H2,(H,23,24,26). The normalized spacial score (nSPS) is 13.2. The van der Waals surface area contributed by atoms with Crippen LogP contribution in [0.15, 0.2) is 77.0 Å². The molecule has 5 nitrogen and oxygen atoms in total. The lowest BCUT2D eigenvalue weighted by Gasteiger charge is -2.15. The fraction of sp³-hybridized carbons (Fsp3) is 0.0455. The van der Waals surface area contributed by atoms with E-state index < -0.39 is 0 Å². The molecule has 0 aliphatic carbocycles. The molecular weight excluding hydrogens is 368 g/mol. The summed E-state index contributed by atoms with van der Waals surface area (Å²) >= 11 is 1.60. The second-order valence-electron chi connectivity index (χ2n) is 6.33. The summed E-state index contributed by atoms with van der Waals surface area (Å²) in [6.07, 6.45) is 5.42. The van der Waals surface area contributed by atoms with Gasteiger partial charge in [0.15, 0.2) is 5.82 Å². The summed E-state index contributed by atoms with van der Waals surface area (Å²) in [5.74, 6) is 1.59. The highest BCUT2D eigenvalue weighted by Crippen LogP contribution is 2.36. The van der Waals surface area contributed by atoms with Crippen molar-refractivity contribution in [3.63, 3.8) is 0 Å². The van der Waals surface area contributed by atoms with Crippen LogP contribution in [0.25, 0.3) is 27.4 Å². The second-order valence-corrected chi connectivity index (χ2v) is 7.19. The van der Waals surface area contributed by atoms with Crippen LogP contribution in [0.5, 0.6) is 5.75 Å². The van der Waals surface area contributed by atoms with Gasteiger partial charge in [-0.25, -0.2) is 9.97 Å². The van der Waals surface area contributed by atoms with Crippen molar-refractivity contribution in [3.05, 3.63) is 77.4 Å². The first-order valence-corrected chi connectivity index (χ1v) is 9.75. The quantitative estimate of drug-likeness (QED) is 0.386. The van der Waals surface area contributed by atoms with Crippen molar-refractivity contribution < 1.29 is 4.74 Å². The van der Waals surface area contributed by atoms with Gasteiger partial charge in [0.2, 0.25) is 0 Å². The van der Waals surface area contributed by atoms with E-state index in [1.54, 1.807) is 23.9 Å². The average Bonchev–Trinajstić information content (AvgIpc) is 3.19. The minimum atomic E-state index is 0.495. The van der Waals surface area contributed by atoms with Crippen molar-refractivity contribution in [2.45, 2.75) is 0 Å². The molecule has 1 aliphatic rings. The van der Waals surface area contributed by atoms with E-state index in [1.165, 1.54) is 0 Å². The fourth-order valence-corrected chi connectivity index (χ4v) is 4.09. The van der Waals surface area contributed by atoms with Gasteiger partial charge in [0.25, 0.3) is 0 Å². The summed E-state index contributed by atoms with van der Waals surface area (Å²) in [6, 6.07) is 18.2. The molecule has 28 heavy (non-hydrogen) atoms. The number of rotatable bonds is 4. The molecule has 0 radical (unpaired) electrons. The predicted octanol–water partition coefficient (Wildman–Crippen LogP) is 5.23. The molecule has 0 bridgehead atoms. The Labute approximate surface area is 166 Å². The molecule has 136 valence electrons. The third kappa shape index (κ3) is 3.14. The van der Waals surface area contributed by atoms with Gasteiger partial charge < -0.3 is 4.74 Å². The highest BCUT2D eigenvalue weighted by atomic mass is 32.1. The summed E-state index contributed by atoms with van der Waals surface area (Å²) in [5, 5.41) is 7.48. The van der Waals surface area contributed by atoms with Gasteiger partial charge >= 0.3 is 0 Å². The monoisotopic (exact) mass is 384 g/mol. The van der Waals surface area contributed by atoms with Crippen LogP contribution in [0.1, 0.15) is 5.56 Å². The molecule has 0 spiro atoms. The van der Waals surface area contributed by atoms with E-state index in [0.29, 0.717) is 12.4 Å². The molecular formula is C22H16N4OS. The zero-order valence-corrected chi connectivity index (χ0v) is 15.7. The molecule has 0 unspecified atom stereocenters. The smallest absolute Gasteiger partial charge is 0.159 e. The van der Waals surface area contributed by atoms with Crippen molar-refractivity contribution in [1.29, 1.82) is 0 Å². The van der Waals surface area contributed by atoms with Gasteiger partial charge in [-0.05, 0) is 17.7 Å². The van der Waals surface area contributed by atoms with Crippen LogP contribution in [0.2, 0.25) is 0 Å². The Bertz CT molecular complexity index is 1200. The Morgan fingerprint density at radius 3 is 2.82 bits per heavy atom. The molecule has 1 N–H and O–H groups in total. The van der Waals surface area contributed by atoms with Crippen molar-refractivity contribution in [3.8, 4) is 16.9 Å². The Balaban J connectivity index is 1.44. The molecule has 2 aromatic carbocycles. The Morgan fingerprint density at radius 2 is 1.89 bits per heavy atom. The number of benzene rings is 2. The topological polar surface area (TPSA) is 59.4 Å². The van der Waals surface area contributed by atoms with E-state index in [9.17, 15) is 0 Å². The van der Waals surface area contributed by atoms with Crippen LogP contribution < -0.4 is 10.2 Å². The van der Waals surface area contributed by atoms with E-state index in [1.807, 2.05) is 42.5 Å². The number of thiophene rings is 1. The zero-order chi connectivity index (χ0) is 18.8. The van der Waals surface area contributed by atoms with Crippen LogP contribution in [-0.2, 0) is 0 Å². The molecule has 0 atom stereocenters. The van der Waals surface area contributed by atoms with Crippen molar-refractivity contribution in [1.82, 2.24) is 9.97 Å². The van der Waals surface area contributed by atoms with Crippen LogP contribution in [0.4, 0.5) is 5.82 Å². The highest BCUT2D eigenvalue weighted by molar-refractivity contribution is 7.17. The van der Waals surface area contributed by atoms with Crippen LogP contribution in [-0.4, -0.2) is 22.8 Å². The lowest BCUT2D eigenvalue weighted by atomic mass is 10.1. The third-order valence-corrected chi connectivity index (χ3v) is 5.40. The summed E-state index contributed by atoms with van der Waals surface area (Å²) in [5.41, 5.74) is 7.37. The zero-order valence-electron chi connectivity index (χ0n) is 14.9. The van der Waals surface area contributed by atoms with Crippen molar-refractivity contribution >= 4 is 39.7 Å². The maximum absolute atomic E-state index is 5.76. The van der Waals surface area contributed by atoms with E-state index in [0.717, 1.165) is 38.2 Å². The van der Waals surface area contributed by atoms with E-state index >= 15 is 0 Å². The minimum absolute atomic E-state index is 0.495. The van der Waals surface area contributed by atoms with E-state index in [4.69, 9.17) is 4.74 Å². The Kier molecular flexibility index (Phi) is 4.31. The highest BCUT2D eigenvalue weighted by Gasteiger charge is 2.13. The second kappa shape index (κ2) is 7.25. The maximum atomic E-state index is 5.76. The molecule has 3 heterocycles. The predicted molar refractivity (Wildman–Crippen MR) is 115 cm³/mol. The summed E-state index contributed by atoms with van der Waals surface area (Å²) in [4.78, 5) is 9.73. The van der Waals surface area contributed by atoms with Crippen LogP contribution >= 0.6 is 11.3 Å². The molecule has 4 aromatic rings. The van der Waals surface area contributed by atoms with E-state index in [2.05, 4.69) is 44.1 Å². The minimum Gasteiger partial charge on any atom is -0.488 e. The molecule has 0 amide bonds. The number of nitrogens with one attached hydrogen (secondary N) is 1. The third-order valence-electron chi connectivity index (χ3n) is 4.51. The Hall–Kier alpha value is -3.51.